The van der Waals surface area contributed by atoms with E-state index < -0.39 is 0 Å². The minimum absolute atomic E-state index is 0.0268. The highest BCUT2D eigenvalue weighted by atomic mass is 32.1. The van der Waals surface area contributed by atoms with E-state index in [0.29, 0.717) is 18.9 Å². The van der Waals surface area contributed by atoms with Gasteiger partial charge in [-0.3, -0.25) is 4.90 Å². The lowest BCUT2D eigenvalue weighted by Crippen LogP contribution is -2.44. The summed E-state index contributed by atoms with van der Waals surface area (Å²) in [7, 11) is 2.09. The number of aromatic nitrogens is 3. The van der Waals surface area contributed by atoms with E-state index in [1.165, 1.54) is 0 Å². The topological polar surface area (TPSA) is 76.3 Å². The molecular formula is C15H23N5O2S. The monoisotopic (exact) mass is 337 g/mol. The van der Waals surface area contributed by atoms with E-state index in [1.807, 2.05) is 19.2 Å². The average molecular weight is 337 g/mol. The molecule has 0 radical (unpaired) electrons. The summed E-state index contributed by atoms with van der Waals surface area (Å²) >= 11 is 1.61. The molecule has 2 atom stereocenters. The highest BCUT2D eigenvalue weighted by Gasteiger charge is 2.25. The van der Waals surface area contributed by atoms with Gasteiger partial charge in [-0.2, -0.15) is 4.98 Å². The molecule has 1 N–H and O–H groups in total. The lowest BCUT2D eigenvalue weighted by atomic mass is 10.2. The number of rotatable bonds is 6. The van der Waals surface area contributed by atoms with Crippen LogP contribution < -0.4 is 5.32 Å². The third-order valence-electron chi connectivity index (χ3n) is 3.96. The zero-order valence-electron chi connectivity index (χ0n) is 13.8. The molecule has 1 fully saturated rings. The fourth-order valence-corrected chi connectivity index (χ4v) is 3.46. The number of nitrogens with one attached hydrogen (secondary N) is 1. The Balaban J connectivity index is 1.65. The zero-order valence-corrected chi connectivity index (χ0v) is 14.6. The molecular weight excluding hydrogens is 314 g/mol. The fraction of sp³-hybridized carbons (Fsp3) is 0.667. The molecule has 0 aromatic carbocycles. The molecule has 0 bridgehead atoms. The van der Waals surface area contributed by atoms with Crippen LogP contribution in [0, 0.1) is 0 Å². The highest BCUT2D eigenvalue weighted by Crippen LogP contribution is 2.23. The molecule has 0 saturated carbocycles. The second-order valence-corrected chi connectivity index (χ2v) is 6.59. The first-order valence-electron chi connectivity index (χ1n) is 7.96. The molecule has 23 heavy (non-hydrogen) atoms. The highest BCUT2D eigenvalue weighted by molar-refractivity contribution is 7.09. The van der Waals surface area contributed by atoms with Crippen molar-refractivity contribution in [2.45, 2.75) is 32.4 Å². The minimum Gasteiger partial charge on any atom is -0.372 e. The van der Waals surface area contributed by atoms with E-state index in [0.717, 1.165) is 36.2 Å². The first-order valence-corrected chi connectivity index (χ1v) is 8.84. The van der Waals surface area contributed by atoms with Gasteiger partial charge in [-0.1, -0.05) is 5.16 Å². The van der Waals surface area contributed by atoms with Gasteiger partial charge in [0.2, 0.25) is 5.89 Å². The number of ether oxygens (including phenoxy) is 1. The van der Waals surface area contributed by atoms with Gasteiger partial charge < -0.3 is 14.6 Å². The molecule has 1 saturated heterocycles. The molecule has 0 spiro atoms. The fourth-order valence-electron chi connectivity index (χ4n) is 2.64. The maximum Gasteiger partial charge on any atom is 0.232 e. The van der Waals surface area contributed by atoms with Crippen LogP contribution in [0.1, 0.15) is 48.4 Å². The molecule has 2 aromatic rings. The Morgan fingerprint density at radius 2 is 2.39 bits per heavy atom. The molecule has 0 aliphatic carbocycles. The van der Waals surface area contributed by atoms with Crippen molar-refractivity contribution in [3.63, 3.8) is 0 Å². The number of hydrogen-bond donors (Lipinski definition) is 1. The van der Waals surface area contributed by atoms with Gasteiger partial charge in [0.1, 0.15) is 11.1 Å². The van der Waals surface area contributed by atoms with Gasteiger partial charge in [-0.15, -0.1) is 11.3 Å². The van der Waals surface area contributed by atoms with Crippen LogP contribution in [0.4, 0.5) is 0 Å². The van der Waals surface area contributed by atoms with E-state index in [9.17, 15) is 0 Å². The summed E-state index contributed by atoms with van der Waals surface area (Å²) in [5.74, 6) is 1.35. The summed E-state index contributed by atoms with van der Waals surface area (Å²) in [5.41, 5.74) is 0.946. The number of nitrogens with zero attached hydrogens (tertiary/aromatic N) is 4. The lowest BCUT2D eigenvalue weighted by molar-refractivity contribution is 0.0761. The number of likely N-dealkylation sites (N-methyl/N-ethyl adjacent to an activating group) is 1. The van der Waals surface area contributed by atoms with Gasteiger partial charge in [0.25, 0.3) is 0 Å². The van der Waals surface area contributed by atoms with E-state index in [4.69, 9.17) is 9.26 Å². The molecule has 8 heteroatoms. The van der Waals surface area contributed by atoms with E-state index in [2.05, 4.69) is 32.4 Å². The molecule has 2 unspecified atom stereocenters. The first kappa shape index (κ1) is 16.5. The quantitative estimate of drug-likeness (QED) is 0.861. The first-order chi connectivity index (χ1) is 11.2. The molecule has 1 aliphatic heterocycles. The second kappa shape index (κ2) is 7.48. The average Bonchev–Trinajstić information content (AvgIpc) is 3.18. The van der Waals surface area contributed by atoms with Crippen LogP contribution in [0.3, 0.4) is 0 Å². The van der Waals surface area contributed by atoms with E-state index in [1.54, 1.807) is 11.3 Å². The van der Waals surface area contributed by atoms with Crippen molar-refractivity contribution in [2.24, 2.45) is 0 Å². The standard InChI is InChI=1S/C15H23N5O2S/c1-4-21-10(2)15-17-11(9-23-15)7-13-18-14(19-22-13)12-8-16-5-6-20(12)3/h9-10,12,16H,4-8H2,1-3H3. The molecule has 2 aromatic heterocycles. The summed E-state index contributed by atoms with van der Waals surface area (Å²) in [6.45, 7) is 7.52. The van der Waals surface area contributed by atoms with Crippen molar-refractivity contribution < 1.29 is 9.26 Å². The van der Waals surface area contributed by atoms with Gasteiger partial charge >= 0.3 is 0 Å². The largest absolute Gasteiger partial charge is 0.372 e. The molecule has 1 aliphatic rings. The van der Waals surface area contributed by atoms with Crippen LogP contribution in [0.25, 0.3) is 0 Å². The predicted molar refractivity (Wildman–Crippen MR) is 87.5 cm³/mol. The summed E-state index contributed by atoms with van der Waals surface area (Å²) in [5, 5.41) is 10.5. The van der Waals surface area contributed by atoms with Gasteiger partial charge in [-0.25, -0.2) is 4.98 Å². The summed E-state index contributed by atoms with van der Waals surface area (Å²) in [6, 6.07) is 0.172. The van der Waals surface area contributed by atoms with Crippen LogP contribution in [0.5, 0.6) is 0 Å². The van der Waals surface area contributed by atoms with Crippen LogP contribution >= 0.6 is 11.3 Å². The van der Waals surface area contributed by atoms with Crippen molar-refractivity contribution in [1.29, 1.82) is 0 Å². The summed E-state index contributed by atoms with van der Waals surface area (Å²) in [4.78, 5) is 11.4. The lowest BCUT2D eigenvalue weighted by Gasteiger charge is -2.30. The van der Waals surface area contributed by atoms with Crippen molar-refractivity contribution in [3.05, 3.63) is 27.8 Å². The van der Waals surface area contributed by atoms with E-state index in [-0.39, 0.29) is 12.1 Å². The van der Waals surface area contributed by atoms with Crippen LogP contribution in [-0.2, 0) is 11.2 Å². The Kier molecular flexibility index (Phi) is 5.37. The van der Waals surface area contributed by atoms with Gasteiger partial charge in [-0.05, 0) is 20.9 Å². The Hall–Kier alpha value is -1.35. The Morgan fingerprint density at radius 3 is 3.17 bits per heavy atom. The Bertz CT molecular complexity index is 629. The van der Waals surface area contributed by atoms with Crippen LogP contribution in [0.2, 0.25) is 0 Å². The normalized spacial score (nSPS) is 20.7. The van der Waals surface area contributed by atoms with Crippen molar-refractivity contribution in [2.75, 3.05) is 33.3 Å². The van der Waals surface area contributed by atoms with Crippen LogP contribution in [0.15, 0.2) is 9.90 Å². The molecule has 3 rings (SSSR count). The predicted octanol–water partition coefficient (Wildman–Crippen LogP) is 1.79. The van der Waals surface area contributed by atoms with Gasteiger partial charge in [0, 0.05) is 31.6 Å². The van der Waals surface area contributed by atoms with Crippen molar-refractivity contribution >= 4 is 11.3 Å². The van der Waals surface area contributed by atoms with Crippen molar-refractivity contribution in [3.8, 4) is 0 Å². The van der Waals surface area contributed by atoms with Gasteiger partial charge in [0.15, 0.2) is 5.82 Å². The zero-order chi connectivity index (χ0) is 16.2. The molecule has 7 nitrogen and oxygen atoms in total. The Labute approximate surface area is 140 Å². The number of hydrogen-bond acceptors (Lipinski definition) is 8. The SMILES string of the molecule is CCOC(C)c1nc(Cc2nc(C3CNCCN3C)no2)cs1. The van der Waals surface area contributed by atoms with Crippen molar-refractivity contribution in [1.82, 2.24) is 25.3 Å². The summed E-state index contributed by atoms with van der Waals surface area (Å²) < 4.78 is 11.0. The minimum atomic E-state index is 0.0268. The Morgan fingerprint density at radius 1 is 1.52 bits per heavy atom. The number of thiazole rings is 1. The van der Waals surface area contributed by atoms with Crippen LogP contribution in [-0.4, -0.2) is 53.3 Å². The van der Waals surface area contributed by atoms with Gasteiger partial charge in [0.05, 0.1) is 18.2 Å². The smallest absolute Gasteiger partial charge is 0.232 e. The summed E-state index contributed by atoms with van der Waals surface area (Å²) in [6.07, 6.45) is 0.589. The molecule has 0 amide bonds. The second-order valence-electron chi connectivity index (χ2n) is 5.70. The molecule has 3 heterocycles. The molecule has 126 valence electrons. The van der Waals surface area contributed by atoms with E-state index >= 15 is 0 Å². The third-order valence-corrected chi connectivity index (χ3v) is 5.01. The maximum atomic E-state index is 5.57. The maximum absolute atomic E-state index is 5.57. The third kappa shape index (κ3) is 3.95. The number of piperazine rings is 1.